The maximum atomic E-state index is 11.3. The zero-order chi connectivity index (χ0) is 14.5. The second-order valence-electron chi connectivity index (χ2n) is 4.38. The molecule has 0 radical (unpaired) electrons. The van der Waals surface area contributed by atoms with Crippen molar-refractivity contribution in [1.82, 2.24) is 0 Å². The molecule has 4 heteroatoms. The summed E-state index contributed by atoms with van der Waals surface area (Å²) in [6, 6.07) is 12.4. The average molecular weight is 291 g/mol. The molecule has 0 amide bonds. The van der Waals surface area contributed by atoms with Gasteiger partial charge < -0.3 is 9.84 Å². The van der Waals surface area contributed by atoms with E-state index in [2.05, 4.69) is 0 Å². The standard InChI is InChI=1S/C16H15ClO3/c1-11(19)13-6-7-16(14(17)10-13)20-15-5-3-2-4-12(15)8-9-18/h2-7,10,18H,8-9H2,1H3. The lowest BCUT2D eigenvalue weighted by atomic mass is 10.1. The van der Waals surface area contributed by atoms with Gasteiger partial charge in [-0.1, -0.05) is 29.8 Å². The molecule has 0 atom stereocenters. The van der Waals surface area contributed by atoms with Crippen LogP contribution in [0, 0.1) is 0 Å². The lowest BCUT2D eigenvalue weighted by Crippen LogP contribution is -1.96. The van der Waals surface area contributed by atoms with E-state index in [1.54, 1.807) is 18.2 Å². The molecule has 0 aliphatic rings. The Balaban J connectivity index is 2.28. The first-order valence-corrected chi connectivity index (χ1v) is 6.66. The Bertz CT molecular complexity index is 623. The molecule has 0 saturated heterocycles. The number of benzene rings is 2. The van der Waals surface area contributed by atoms with Crippen LogP contribution in [-0.2, 0) is 6.42 Å². The van der Waals surface area contributed by atoms with Gasteiger partial charge in [-0.15, -0.1) is 0 Å². The highest BCUT2D eigenvalue weighted by molar-refractivity contribution is 6.32. The van der Waals surface area contributed by atoms with Crippen LogP contribution < -0.4 is 4.74 Å². The molecular weight excluding hydrogens is 276 g/mol. The van der Waals surface area contributed by atoms with E-state index in [0.29, 0.717) is 28.5 Å². The van der Waals surface area contributed by atoms with Gasteiger partial charge in [-0.25, -0.2) is 0 Å². The van der Waals surface area contributed by atoms with Crippen LogP contribution >= 0.6 is 11.6 Å². The van der Waals surface area contributed by atoms with Crippen LogP contribution in [0.1, 0.15) is 22.8 Å². The Labute approximate surface area is 122 Å². The largest absolute Gasteiger partial charge is 0.456 e. The smallest absolute Gasteiger partial charge is 0.159 e. The number of carbonyl (C=O) groups is 1. The number of para-hydroxylation sites is 1. The Morgan fingerprint density at radius 2 is 1.95 bits per heavy atom. The fourth-order valence-electron chi connectivity index (χ4n) is 1.85. The van der Waals surface area contributed by atoms with E-state index < -0.39 is 0 Å². The van der Waals surface area contributed by atoms with Gasteiger partial charge in [0.2, 0.25) is 0 Å². The van der Waals surface area contributed by atoms with Crippen molar-refractivity contribution in [3.63, 3.8) is 0 Å². The van der Waals surface area contributed by atoms with Gasteiger partial charge in [-0.05, 0) is 43.2 Å². The number of ketones is 1. The number of Topliss-reactive ketones (excluding diaryl/α,β-unsaturated/α-hetero) is 1. The van der Waals surface area contributed by atoms with Gasteiger partial charge in [0.1, 0.15) is 11.5 Å². The fourth-order valence-corrected chi connectivity index (χ4v) is 2.07. The van der Waals surface area contributed by atoms with Crippen LogP contribution in [0.2, 0.25) is 5.02 Å². The van der Waals surface area contributed by atoms with E-state index >= 15 is 0 Å². The van der Waals surface area contributed by atoms with Crippen LogP contribution in [0.4, 0.5) is 0 Å². The quantitative estimate of drug-likeness (QED) is 0.850. The molecule has 0 heterocycles. The number of carbonyl (C=O) groups excluding carboxylic acids is 1. The van der Waals surface area contributed by atoms with Gasteiger partial charge in [0.05, 0.1) is 5.02 Å². The molecule has 1 N–H and O–H groups in total. The van der Waals surface area contributed by atoms with Gasteiger partial charge in [-0.3, -0.25) is 4.79 Å². The van der Waals surface area contributed by atoms with Crippen molar-refractivity contribution in [2.24, 2.45) is 0 Å². The Hall–Kier alpha value is -1.84. The summed E-state index contributed by atoms with van der Waals surface area (Å²) in [6.07, 6.45) is 0.513. The van der Waals surface area contributed by atoms with Crippen molar-refractivity contribution in [2.45, 2.75) is 13.3 Å². The van der Waals surface area contributed by atoms with Crippen molar-refractivity contribution < 1.29 is 14.6 Å². The third-order valence-corrected chi connectivity index (χ3v) is 3.21. The highest BCUT2D eigenvalue weighted by Crippen LogP contribution is 2.32. The fraction of sp³-hybridized carbons (Fsp3) is 0.188. The maximum absolute atomic E-state index is 11.3. The molecule has 0 aliphatic carbocycles. The molecule has 2 aromatic rings. The second kappa shape index (κ2) is 6.55. The summed E-state index contributed by atoms with van der Waals surface area (Å²) >= 11 is 6.13. The third kappa shape index (κ3) is 3.38. The van der Waals surface area contributed by atoms with Gasteiger partial charge in [0, 0.05) is 12.2 Å². The molecule has 0 unspecified atom stereocenters. The molecule has 2 aromatic carbocycles. The minimum atomic E-state index is -0.0425. The normalized spacial score (nSPS) is 10.3. The Morgan fingerprint density at radius 1 is 1.20 bits per heavy atom. The third-order valence-electron chi connectivity index (χ3n) is 2.91. The summed E-state index contributed by atoms with van der Waals surface area (Å²) in [5, 5.41) is 9.43. The molecule has 0 aliphatic heterocycles. The molecule has 0 saturated carbocycles. The molecular formula is C16H15ClO3. The van der Waals surface area contributed by atoms with E-state index in [0.717, 1.165) is 5.56 Å². The van der Waals surface area contributed by atoms with Gasteiger partial charge in [0.25, 0.3) is 0 Å². The van der Waals surface area contributed by atoms with Crippen LogP contribution in [0.3, 0.4) is 0 Å². The first-order valence-electron chi connectivity index (χ1n) is 6.29. The number of halogens is 1. The molecule has 0 aromatic heterocycles. The number of aliphatic hydroxyl groups excluding tert-OH is 1. The van der Waals surface area contributed by atoms with Gasteiger partial charge in [-0.2, -0.15) is 0 Å². The summed E-state index contributed by atoms with van der Waals surface area (Å²) in [6.45, 7) is 1.54. The first kappa shape index (κ1) is 14.6. The summed E-state index contributed by atoms with van der Waals surface area (Å²) in [5.41, 5.74) is 1.45. The number of aliphatic hydroxyl groups is 1. The molecule has 0 spiro atoms. The van der Waals surface area contributed by atoms with Crippen molar-refractivity contribution in [2.75, 3.05) is 6.61 Å². The number of hydrogen-bond acceptors (Lipinski definition) is 3. The van der Waals surface area contributed by atoms with E-state index in [-0.39, 0.29) is 12.4 Å². The van der Waals surface area contributed by atoms with E-state index in [1.165, 1.54) is 6.92 Å². The molecule has 20 heavy (non-hydrogen) atoms. The molecule has 3 nitrogen and oxygen atoms in total. The topological polar surface area (TPSA) is 46.5 Å². The maximum Gasteiger partial charge on any atom is 0.159 e. The predicted molar refractivity (Wildman–Crippen MR) is 78.8 cm³/mol. The molecule has 104 valence electrons. The Morgan fingerprint density at radius 3 is 2.60 bits per heavy atom. The lowest BCUT2D eigenvalue weighted by Gasteiger charge is -2.12. The van der Waals surface area contributed by atoms with E-state index in [9.17, 15) is 4.79 Å². The minimum absolute atomic E-state index is 0.0425. The summed E-state index contributed by atoms with van der Waals surface area (Å²) in [4.78, 5) is 11.3. The van der Waals surface area contributed by atoms with Crippen LogP contribution in [0.15, 0.2) is 42.5 Å². The van der Waals surface area contributed by atoms with Crippen molar-refractivity contribution >= 4 is 17.4 Å². The minimum Gasteiger partial charge on any atom is -0.456 e. The average Bonchev–Trinajstić information content (AvgIpc) is 2.43. The molecule has 2 rings (SSSR count). The number of hydrogen-bond donors (Lipinski definition) is 1. The van der Waals surface area contributed by atoms with Crippen molar-refractivity contribution in [3.05, 3.63) is 58.6 Å². The molecule has 0 fully saturated rings. The van der Waals surface area contributed by atoms with Gasteiger partial charge in [0.15, 0.2) is 5.78 Å². The summed E-state index contributed by atoms with van der Waals surface area (Å²) < 4.78 is 5.77. The zero-order valence-electron chi connectivity index (χ0n) is 11.1. The second-order valence-corrected chi connectivity index (χ2v) is 4.79. The van der Waals surface area contributed by atoms with Crippen LogP contribution in [-0.4, -0.2) is 17.5 Å². The SMILES string of the molecule is CC(=O)c1ccc(Oc2ccccc2CCO)c(Cl)c1. The van der Waals surface area contributed by atoms with E-state index in [4.69, 9.17) is 21.4 Å². The van der Waals surface area contributed by atoms with Crippen LogP contribution in [0.25, 0.3) is 0 Å². The van der Waals surface area contributed by atoms with Crippen molar-refractivity contribution in [3.8, 4) is 11.5 Å². The summed E-state index contributed by atoms with van der Waals surface area (Å²) in [5.74, 6) is 1.10. The predicted octanol–water partition coefficient (Wildman–Crippen LogP) is 3.87. The zero-order valence-corrected chi connectivity index (χ0v) is 11.9. The highest BCUT2D eigenvalue weighted by Gasteiger charge is 2.09. The highest BCUT2D eigenvalue weighted by atomic mass is 35.5. The van der Waals surface area contributed by atoms with Gasteiger partial charge >= 0.3 is 0 Å². The summed E-state index contributed by atoms with van der Waals surface area (Å²) in [7, 11) is 0. The van der Waals surface area contributed by atoms with Crippen LogP contribution in [0.5, 0.6) is 11.5 Å². The Kier molecular flexibility index (Phi) is 4.77. The lowest BCUT2D eigenvalue weighted by molar-refractivity contribution is 0.101. The van der Waals surface area contributed by atoms with E-state index in [1.807, 2.05) is 24.3 Å². The number of rotatable bonds is 5. The van der Waals surface area contributed by atoms with Crippen molar-refractivity contribution in [1.29, 1.82) is 0 Å². The number of ether oxygens (including phenoxy) is 1. The first-order chi connectivity index (χ1) is 9.61. The molecule has 0 bridgehead atoms. The monoisotopic (exact) mass is 290 g/mol.